The van der Waals surface area contributed by atoms with Crippen molar-refractivity contribution >= 4 is 0 Å². The summed E-state index contributed by atoms with van der Waals surface area (Å²) in [6.45, 7) is 4.98. The van der Waals surface area contributed by atoms with E-state index in [9.17, 15) is 0 Å². The lowest BCUT2D eigenvalue weighted by Gasteiger charge is -2.06. The smallest absolute Gasteiger partial charge is 0.0948 e. The second-order valence-electron chi connectivity index (χ2n) is 2.39. The monoisotopic (exact) mass is 139 g/mol. The molecule has 3 heteroatoms. The molecule has 0 amide bonds. The summed E-state index contributed by atoms with van der Waals surface area (Å²) in [4.78, 5) is 4.00. The SMILES string of the molecule is CCn1cncc1[C@H](C)N. The summed E-state index contributed by atoms with van der Waals surface area (Å²) in [5.41, 5.74) is 6.77. The molecule has 0 aromatic carbocycles. The average molecular weight is 139 g/mol. The Hall–Kier alpha value is -0.830. The topological polar surface area (TPSA) is 43.8 Å². The van der Waals surface area contributed by atoms with Crippen LogP contribution in [0.25, 0.3) is 0 Å². The fourth-order valence-corrected chi connectivity index (χ4v) is 0.974. The zero-order valence-electron chi connectivity index (χ0n) is 6.41. The number of aryl methyl sites for hydroxylation is 1. The van der Waals surface area contributed by atoms with Crippen LogP contribution in [-0.2, 0) is 6.54 Å². The van der Waals surface area contributed by atoms with Gasteiger partial charge in [-0.1, -0.05) is 0 Å². The van der Waals surface area contributed by atoms with E-state index < -0.39 is 0 Å². The Kier molecular flexibility index (Phi) is 2.06. The molecule has 10 heavy (non-hydrogen) atoms. The first-order valence-electron chi connectivity index (χ1n) is 3.51. The largest absolute Gasteiger partial charge is 0.333 e. The summed E-state index contributed by atoms with van der Waals surface area (Å²) in [7, 11) is 0. The Morgan fingerprint density at radius 3 is 2.90 bits per heavy atom. The predicted molar refractivity (Wildman–Crippen MR) is 40.5 cm³/mol. The summed E-state index contributed by atoms with van der Waals surface area (Å²) >= 11 is 0. The van der Waals surface area contributed by atoms with Gasteiger partial charge < -0.3 is 10.3 Å². The number of nitrogens with two attached hydrogens (primary N) is 1. The molecule has 0 aliphatic heterocycles. The Labute approximate surface area is 60.9 Å². The van der Waals surface area contributed by atoms with E-state index in [1.807, 2.05) is 17.7 Å². The second kappa shape index (κ2) is 2.84. The summed E-state index contributed by atoms with van der Waals surface area (Å²) < 4.78 is 2.05. The molecule has 1 atom stereocenters. The van der Waals surface area contributed by atoms with Gasteiger partial charge in [-0.2, -0.15) is 0 Å². The van der Waals surface area contributed by atoms with Crippen molar-refractivity contribution in [2.24, 2.45) is 5.73 Å². The average Bonchev–Trinajstić information content (AvgIpc) is 2.33. The lowest BCUT2D eigenvalue weighted by atomic mass is 10.3. The van der Waals surface area contributed by atoms with Crippen LogP contribution in [0, 0.1) is 0 Å². The van der Waals surface area contributed by atoms with Crippen molar-refractivity contribution in [2.75, 3.05) is 0 Å². The van der Waals surface area contributed by atoms with Crippen molar-refractivity contribution < 1.29 is 0 Å². The van der Waals surface area contributed by atoms with Crippen molar-refractivity contribution in [1.82, 2.24) is 9.55 Å². The maximum Gasteiger partial charge on any atom is 0.0948 e. The van der Waals surface area contributed by atoms with Gasteiger partial charge in [0.25, 0.3) is 0 Å². The van der Waals surface area contributed by atoms with Crippen LogP contribution in [0.3, 0.4) is 0 Å². The lowest BCUT2D eigenvalue weighted by molar-refractivity contribution is 0.657. The van der Waals surface area contributed by atoms with Crippen molar-refractivity contribution in [3.05, 3.63) is 18.2 Å². The van der Waals surface area contributed by atoms with Crippen LogP contribution < -0.4 is 5.73 Å². The third-order valence-electron chi connectivity index (χ3n) is 1.55. The van der Waals surface area contributed by atoms with Crippen molar-refractivity contribution in [1.29, 1.82) is 0 Å². The highest BCUT2D eigenvalue weighted by molar-refractivity contribution is 5.02. The van der Waals surface area contributed by atoms with Crippen LogP contribution in [0.1, 0.15) is 25.6 Å². The minimum atomic E-state index is 0.0856. The number of imidazole rings is 1. The Bertz CT molecular complexity index is 202. The van der Waals surface area contributed by atoms with Crippen LogP contribution in [0.2, 0.25) is 0 Å². The maximum atomic E-state index is 5.67. The quantitative estimate of drug-likeness (QED) is 0.662. The summed E-state index contributed by atoms with van der Waals surface area (Å²) in [5.74, 6) is 0. The maximum absolute atomic E-state index is 5.67. The molecular weight excluding hydrogens is 126 g/mol. The first-order valence-corrected chi connectivity index (χ1v) is 3.51. The van der Waals surface area contributed by atoms with Gasteiger partial charge in [0.05, 0.1) is 12.0 Å². The van der Waals surface area contributed by atoms with Crippen molar-refractivity contribution in [2.45, 2.75) is 26.4 Å². The van der Waals surface area contributed by atoms with Gasteiger partial charge in [-0.3, -0.25) is 0 Å². The van der Waals surface area contributed by atoms with E-state index in [0.29, 0.717) is 0 Å². The third-order valence-corrected chi connectivity index (χ3v) is 1.55. The van der Waals surface area contributed by atoms with Gasteiger partial charge in [0.15, 0.2) is 0 Å². The summed E-state index contributed by atoms with van der Waals surface area (Å²) in [6, 6.07) is 0.0856. The summed E-state index contributed by atoms with van der Waals surface area (Å²) in [6.07, 6.45) is 3.62. The standard InChI is InChI=1S/C7H13N3/c1-3-10-5-9-4-7(10)6(2)8/h4-6H,3,8H2,1-2H3/t6-/m0/s1. The molecular formula is C7H13N3. The lowest BCUT2D eigenvalue weighted by Crippen LogP contribution is -2.10. The molecule has 0 radical (unpaired) electrons. The van der Waals surface area contributed by atoms with E-state index in [-0.39, 0.29) is 6.04 Å². The van der Waals surface area contributed by atoms with E-state index in [4.69, 9.17) is 5.73 Å². The normalized spacial score (nSPS) is 13.5. The Balaban J connectivity index is 2.90. The second-order valence-corrected chi connectivity index (χ2v) is 2.39. The van der Waals surface area contributed by atoms with Gasteiger partial charge in [0.1, 0.15) is 0 Å². The van der Waals surface area contributed by atoms with Crippen LogP contribution >= 0.6 is 0 Å². The van der Waals surface area contributed by atoms with Gasteiger partial charge >= 0.3 is 0 Å². The molecule has 0 spiro atoms. The van der Waals surface area contributed by atoms with E-state index in [1.165, 1.54) is 0 Å². The number of hydrogen-bond acceptors (Lipinski definition) is 2. The zero-order valence-corrected chi connectivity index (χ0v) is 6.41. The Morgan fingerprint density at radius 2 is 2.50 bits per heavy atom. The number of rotatable bonds is 2. The van der Waals surface area contributed by atoms with Crippen molar-refractivity contribution in [3.63, 3.8) is 0 Å². The Morgan fingerprint density at radius 1 is 1.80 bits per heavy atom. The van der Waals surface area contributed by atoms with Gasteiger partial charge in [-0.25, -0.2) is 4.98 Å². The minimum Gasteiger partial charge on any atom is -0.333 e. The molecule has 0 fully saturated rings. The fourth-order valence-electron chi connectivity index (χ4n) is 0.974. The highest BCUT2D eigenvalue weighted by Crippen LogP contribution is 2.07. The number of hydrogen-bond donors (Lipinski definition) is 1. The van der Waals surface area contributed by atoms with E-state index in [0.717, 1.165) is 12.2 Å². The molecule has 1 rings (SSSR count). The van der Waals surface area contributed by atoms with Gasteiger partial charge in [-0.05, 0) is 13.8 Å². The predicted octanol–water partition coefficient (Wildman–Crippen LogP) is 0.923. The molecule has 0 saturated carbocycles. The van der Waals surface area contributed by atoms with Gasteiger partial charge in [0, 0.05) is 18.8 Å². The number of aromatic nitrogens is 2. The number of nitrogens with zero attached hydrogens (tertiary/aromatic N) is 2. The van der Waals surface area contributed by atoms with Gasteiger partial charge in [0.2, 0.25) is 0 Å². The van der Waals surface area contributed by atoms with Crippen LogP contribution in [0.15, 0.2) is 12.5 Å². The molecule has 0 unspecified atom stereocenters. The molecule has 2 N–H and O–H groups in total. The molecule has 0 aliphatic carbocycles. The van der Waals surface area contributed by atoms with E-state index >= 15 is 0 Å². The molecule has 3 nitrogen and oxygen atoms in total. The molecule has 0 saturated heterocycles. The first-order chi connectivity index (χ1) is 4.75. The zero-order chi connectivity index (χ0) is 7.56. The highest BCUT2D eigenvalue weighted by atomic mass is 15.1. The van der Waals surface area contributed by atoms with Crippen LogP contribution in [-0.4, -0.2) is 9.55 Å². The molecule has 56 valence electrons. The highest BCUT2D eigenvalue weighted by Gasteiger charge is 2.03. The van der Waals surface area contributed by atoms with Crippen LogP contribution in [0.4, 0.5) is 0 Å². The molecule has 1 heterocycles. The molecule has 1 aromatic heterocycles. The molecule has 1 aromatic rings. The fraction of sp³-hybridized carbons (Fsp3) is 0.571. The van der Waals surface area contributed by atoms with Gasteiger partial charge in [-0.15, -0.1) is 0 Å². The summed E-state index contributed by atoms with van der Waals surface area (Å²) in [5, 5.41) is 0. The first kappa shape index (κ1) is 7.28. The molecule has 0 bridgehead atoms. The van der Waals surface area contributed by atoms with Crippen molar-refractivity contribution in [3.8, 4) is 0 Å². The van der Waals surface area contributed by atoms with Crippen LogP contribution in [0.5, 0.6) is 0 Å². The van der Waals surface area contributed by atoms with E-state index in [1.54, 1.807) is 6.33 Å². The third kappa shape index (κ3) is 1.19. The molecule has 0 aliphatic rings. The van der Waals surface area contributed by atoms with E-state index in [2.05, 4.69) is 11.9 Å². The minimum absolute atomic E-state index is 0.0856.